The number of aliphatic hydroxyl groups is 1. The van der Waals surface area contributed by atoms with Gasteiger partial charge >= 0.3 is 0 Å². The zero-order chi connectivity index (χ0) is 14.3. The number of hydrogen-bond donors (Lipinski definition) is 1. The Bertz CT molecular complexity index is 600. The molecule has 1 aliphatic rings. The minimum Gasteiger partial charge on any atom is -0.463 e. The van der Waals surface area contributed by atoms with Gasteiger partial charge in [0.1, 0.15) is 29.3 Å². The van der Waals surface area contributed by atoms with Crippen LogP contribution < -0.4 is 0 Å². The molecule has 3 atom stereocenters. The molecule has 0 aliphatic heterocycles. The quantitative estimate of drug-likeness (QED) is 0.918. The van der Waals surface area contributed by atoms with Gasteiger partial charge in [-0.05, 0) is 42.2 Å². The van der Waals surface area contributed by atoms with Crippen LogP contribution in [0.5, 0.6) is 0 Å². The van der Waals surface area contributed by atoms with Crippen molar-refractivity contribution in [1.82, 2.24) is 0 Å². The van der Waals surface area contributed by atoms with E-state index in [0.29, 0.717) is 23.2 Å². The summed E-state index contributed by atoms with van der Waals surface area (Å²) in [5, 5.41) is 10.1. The Morgan fingerprint density at radius 2 is 1.90 bits per heavy atom. The van der Waals surface area contributed by atoms with Crippen LogP contribution in [0, 0.1) is 17.6 Å². The summed E-state index contributed by atoms with van der Waals surface area (Å²) < 4.78 is 31.8. The average molecular weight is 278 g/mol. The first kappa shape index (κ1) is 13.3. The second-order valence-corrected chi connectivity index (χ2v) is 5.56. The largest absolute Gasteiger partial charge is 0.463 e. The lowest BCUT2D eigenvalue weighted by Crippen LogP contribution is -2.01. The molecule has 3 unspecified atom stereocenters. The fraction of sp³-hybridized carbons (Fsp3) is 0.375. The fourth-order valence-electron chi connectivity index (χ4n) is 2.52. The molecule has 2 nitrogen and oxygen atoms in total. The highest BCUT2D eigenvalue weighted by atomic mass is 19.1. The zero-order valence-corrected chi connectivity index (χ0v) is 11.1. The lowest BCUT2D eigenvalue weighted by molar-refractivity contribution is 0.148. The molecule has 1 saturated carbocycles. The molecule has 1 fully saturated rings. The third-order valence-corrected chi connectivity index (χ3v) is 3.80. The van der Waals surface area contributed by atoms with Gasteiger partial charge in [-0.25, -0.2) is 8.78 Å². The van der Waals surface area contributed by atoms with Gasteiger partial charge in [0, 0.05) is 18.4 Å². The summed E-state index contributed by atoms with van der Waals surface area (Å²) in [6.07, 6.45) is 0.346. The number of halogens is 2. The molecule has 0 amide bonds. The van der Waals surface area contributed by atoms with E-state index in [-0.39, 0.29) is 6.42 Å². The van der Waals surface area contributed by atoms with Gasteiger partial charge in [0.25, 0.3) is 0 Å². The first-order valence-corrected chi connectivity index (χ1v) is 6.75. The van der Waals surface area contributed by atoms with Crippen molar-refractivity contribution in [1.29, 1.82) is 0 Å². The summed E-state index contributed by atoms with van der Waals surface area (Å²) in [5.41, 5.74) is 0.410. The summed E-state index contributed by atoms with van der Waals surface area (Å²) in [5.74, 6) is 1.13. The van der Waals surface area contributed by atoms with Crippen molar-refractivity contribution in [3.63, 3.8) is 0 Å². The highest BCUT2D eigenvalue weighted by Crippen LogP contribution is 2.47. The molecule has 0 radical (unpaired) electrons. The Balaban J connectivity index is 1.72. The van der Waals surface area contributed by atoms with Crippen molar-refractivity contribution in [3.8, 4) is 0 Å². The Labute approximate surface area is 116 Å². The fourth-order valence-corrected chi connectivity index (χ4v) is 2.52. The van der Waals surface area contributed by atoms with Crippen LogP contribution in [-0.2, 0) is 6.42 Å². The third-order valence-electron chi connectivity index (χ3n) is 3.80. The van der Waals surface area contributed by atoms with Gasteiger partial charge in [0.2, 0.25) is 0 Å². The van der Waals surface area contributed by atoms with Crippen molar-refractivity contribution in [2.24, 2.45) is 5.92 Å². The molecule has 0 bridgehead atoms. The molecule has 0 saturated heterocycles. The number of furan rings is 1. The molecule has 106 valence electrons. The van der Waals surface area contributed by atoms with E-state index in [9.17, 15) is 13.9 Å². The van der Waals surface area contributed by atoms with Crippen molar-refractivity contribution in [2.75, 3.05) is 0 Å². The predicted octanol–water partition coefficient (Wildman–Crippen LogP) is 3.96. The summed E-state index contributed by atoms with van der Waals surface area (Å²) in [7, 11) is 0. The number of rotatable bonds is 4. The monoisotopic (exact) mass is 278 g/mol. The van der Waals surface area contributed by atoms with Gasteiger partial charge < -0.3 is 9.52 Å². The average Bonchev–Trinajstić information content (AvgIpc) is 2.90. The SMILES string of the molecule is CC1CC1c1ccc(C(O)Cc2cc(F)cc(F)c2)o1. The maximum atomic E-state index is 13.1. The van der Waals surface area contributed by atoms with E-state index in [4.69, 9.17) is 4.42 Å². The van der Waals surface area contributed by atoms with E-state index in [2.05, 4.69) is 6.92 Å². The standard InChI is InChI=1S/C16H16F2O2/c1-9-4-13(9)15-2-3-16(20-15)14(19)7-10-5-11(17)8-12(18)6-10/h2-3,5-6,8-9,13-14,19H,4,7H2,1H3. The van der Waals surface area contributed by atoms with Gasteiger partial charge in [-0.15, -0.1) is 0 Å². The van der Waals surface area contributed by atoms with Crippen molar-refractivity contribution in [3.05, 3.63) is 59.1 Å². The highest BCUT2D eigenvalue weighted by molar-refractivity contribution is 5.22. The Morgan fingerprint density at radius 1 is 1.25 bits per heavy atom. The van der Waals surface area contributed by atoms with Gasteiger partial charge in [-0.3, -0.25) is 0 Å². The molecule has 4 heteroatoms. The second kappa shape index (κ2) is 5.02. The van der Waals surface area contributed by atoms with Crippen molar-refractivity contribution < 1.29 is 18.3 Å². The molecule has 1 aliphatic carbocycles. The van der Waals surface area contributed by atoms with Crippen LogP contribution in [0.25, 0.3) is 0 Å². The van der Waals surface area contributed by atoms with Crippen LogP contribution >= 0.6 is 0 Å². The predicted molar refractivity (Wildman–Crippen MR) is 70.3 cm³/mol. The summed E-state index contributed by atoms with van der Waals surface area (Å²) in [6.45, 7) is 2.15. The van der Waals surface area contributed by atoms with E-state index in [1.807, 2.05) is 6.07 Å². The molecular formula is C16H16F2O2. The number of hydrogen-bond acceptors (Lipinski definition) is 2. The minimum absolute atomic E-state index is 0.127. The van der Waals surface area contributed by atoms with Crippen LogP contribution in [0.15, 0.2) is 34.7 Å². The first-order valence-electron chi connectivity index (χ1n) is 6.75. The number of aliphatic hydroxyl groups excluding tert-OH is 1. The summed E-state index contributed by atoms with van der Waals surface area (Å²) in [4.78, 5) is 0. The molecular weight excluding hydrogens is 262 g/mol. The minimum atomic E-state index is -0.890. The zero-order valence-electron chi connectivity index (χ0n) is 11.1. The smallest absolute Gasteiger partial charge is 0.133 e. The Kier molecular flexibility index (Phi) is 3.34. The normalized spacial score (nSPS) is 22.8. The third kappa shape index (κ3) is 2.75. The van der Waals surface area contributed by atoms with Crippen molar-refractivity contribution in [2.45, 2.75) is 31.8 Å². The second-order valence-electron chi connectivity index (χ2n) is 5.56. The van der Waals surface area contributed by atoms with E-state index in [1.54, 1.807) is 6.07 Å². The van der Waals surface area contributed by atoms with E-state index < -0.39 is 17.7 Å². The van der Waals surface area contributed by atoms with E-state index in [1.165, 1.54) is 12.1 Å². The topological polar surface area (TPSA) is 33.4 Å². The Morgan fingerprint density at radius 3 is 2.50 bits per heavy atom. The van der Waals surface area contributed by atoms with Gasteiger partial charge in [0.05, 0.1) is 0 Å². The molecule has 2 aromatic rings. The Hall–Kier alpha value is -1.68. The molecule has 1 aromatic carbocycles. The van der Waals surface area contributed by atoms with Gasteiger partial charge in [0.15, 0.2) is 0 Å². The van der Waals surface area contributed by atoms with E-state index in [0.717, 1.165) is 18.2 Å². The number of benzene rings is 1. The first-order chi connectivity index (χ1) is 9.52. The van der Waals surface area contributed by atoms with E-state index >= 15 is 0 Å². The van der Waals surface area contributed by atoms with Gasteiger partial charge in [-0.2, -0.15) is 0 Å². The van der Waals surface area contributed by atoms with Crippen LogP contribution in [0.2, 0.25) is 0 Å². The maximum Gasteiger partial charge on any atom is 0.133 e. The van der Waals surface area contributed by atoms with Crippen LogP contribution in [0.3, 0.4) is 0 Å². The molecule has 1 aromatic heterocycles. The van der Waals surface area contributed by atoms with Crippen molar-refractivity contribution >= 4 is 0 Å². The molecule has 0 spiro atoms. The summed E-state index contributed by atoms with van der Waals surface area (Å²) >= 11 is 0. The molecule has 3 rings (SSSR count). The lowest BCUT2D eigenvalue weighted by Gasteiger charge is -2.08. The van der Waals surface area contributed by atoms with Crippen LogP contribution in [0.4, 0.5) is 8.78 Å². The molecule has 1 N–H and O–H groups in total. The highest BCUT2D eigenvalue weighted by Gasteiger charge is 2.36. The summed E-state index contributed by atoms with van der Waals surface area (Å²) in [6, 6.07) is 6.87. The van der Waals surface area contributed by atoms with Gasteiger partial charge in [-0.1, -0.05) is 6.92 Å². The molecule has 20 heavy (non-hydrogen) atoms. The maximum absolute atomic E-state index is 13.1. The van der Waals surface area contributed by atoms with Crippen LogP contribution in [0.1, 0.15) is 42.5 Å². The van der Waals surface area contributed by atoms with Crippen LogP contribution in [-0.4, -0.2) is 5.11 Å². The molecule has 1 heterocycles. The lowest BCUT2D eigenvalue weighted by atomic mass is 10.1.